The number of aryl methyl sites for hydroxylation is 2. The van der Waals surface area contributed by atoms with E-state index in [2.05, 4.69) is 15.3 Å². The minimum Gasteiger partial charge on any atom is -0.480 e. The number of carboxylic acid groups (broad SMARTS) is 1. The minimum absolute atomic E-state index is 0.469. The predicted molar refractivity (Wildman–Crippen MR) is 61.5 cm³/mol. The molecule has 0 aromatic carbocycles. The first-order valence-electron chi connectivity index (χ1n) is 5.21. The van der Waals surface area contributed by atoms with Crippen molar-refractivity contribution in [3.05, 3.63) is 17.6 Å². The molecule has 88 valence electrons. The Bertz CT molecular complexity index is 406. The van der Waals surface area contributed by atoms with Crippen molar-refractivity contribution < 1.29 is 9.90 Å². The highest BCUT2D eigenvalue weighted by Crippen LogP contribution is 2.17. The van der Waals surface area contributed by atoms with Gasteiger partial charge in [0.05, 0.1) is 17.6 Å². The topological polar surface area (TPSA) is 75.1 Å². The van der Waals surface area contributed by atoms with Gasteiger partial charge in [-0.05, 0) is 27.2 Å². The molecule has 0 aliphatic heterocycles. The smallest absolute Gasteiger partial charge is 0.329 e. The van der Waals surface area contributed by atoms with Crippen LogP contribution in [0.15, 0.2) is 6.20 Å². The van der Waals surface area contributed by atoms with Gasteiger partial charge in [-0.25, -0.2) is 9.78 Å². The average molecular weight is 223 g/mol. The van der Waals surface area contributed by atoms with Crippen molar-refractivity contribution in [2.75, 3.05) is 5.32 Å². The van der Waals surface area contributed by atoms with Crippen LogP contribution in [0.3, 0.4) is 0 Å². The number of aliphatic carboxylic acids is 1. The van der Waals surface area contributed by atoms with E-state index in [1.807, 2.05) is 20.8 Å². The van der Waals surface area contributed by atoms with Crippen LogP contribution in [0.5, 0.6) is 0 Å². The molecule has 0 bridgehead atoms. The number of hydrogen-bond acceptors (Lipinski definition) is 4. The molecule has 0 radical (unpaired) electrons. The van der Waals surface area contributed by atoms with Crippen LogP contribution in [0, 0.1) is 13.8 Å². The van der Waals surface area contributed by atoms with Gasteiger partial charge in [-0.3, -0.25) is 4.98 Å². The summed E-state index contributed by atoms with van der Waals surface area (Å²) in [6.07, 6.45) is 2.02. The molecule has 1 unspecified atom stereocenters. The molecule has 2 N–H and O–H groups in total. The Labute approximate surface area is 94.9 Å². The van der Waals surface area contributed by atoms with Gasteiger partial charge in [0, 0.05) is 0 Å². The van der Waals surface area contributed by atoms with Crippen LogP contribution in [0.25, 0.3) is 0 Å². The van der Waals surface area contributed by atoms with Gasteiger partial charge in [0.15, 0.2) is 0 Å². The molecule has 0 aliphatic rings. The number of carbonyl (C=O) groups is 1. The quantitative estimate of drug-likeness (QED) is 0.813. The van der Waals surface area contributed by atoms with Crippen molar-refractivity contribution in [1.82, 2.24) is 9.97 Å². The standard InChI is InChI=1S/C11H17N3O2/c1-5-11(4,10(15)16)14-9-6-12-7(2)8(3)13-9/h6H,5H2,1-4H3,(H,13,14)(H,15,16). The number of nitrogens with one attached hydrogen (secondary N) is 1. The van der Waals surface area contributed by atoms with E-state index in [0.29, 0.717) is 12.2 Å². The highest BCUT2D eigenvalue weighted by atomic mass is 16.4. The summed E-state index contributed by atoms with van der Waals surface area (Å²) < 4.78 is 0. The van der Waals surface area contributed by atoms with Crippen LogP contribution in [-0.4, -0.2) is 26.6 Å². The molecular formula is C11H17N3O2. The van der Waals surface area contributed by atoms with Gasteiger partial charge in [-0.1, -0.05) is 6.92 Å². The summed E-state index contributed by atoms with van der Waals surface area (Å²) in [5, 5.41) is 12.0. The van der Waals surface area contributed by atoms with Crippen molar-refractivity contribution in [1.29, 1.82) is 0 Å². The molecule has 0 amide bonds. The molecule has 1 aromatic heterocycles. The minimum atomic E-state index is -1.00. The Kier molecular flexibility index (Phi) is 3.47. The maximum atomic E-state index is 11.1. The van der Waals surface area contributed by atoms with Gasteiger partial charge in [0.1, 0.15) is 11.4 Å². The highest BCUT2D eigenvalue weighted by Gasteiger charge is 2.31. The van der Waals surface area contributed by atoms with E-state index in [1.165, 1.54) is 0 Å². The second-order valence-corrected chi connectivity index (χ2v) is 4.04. The monoisotopic (exact) mass is 223 g/mol. The van der Waals surface area contributed by atoms with E-state index < -0.39 is 11.5 Å². The van der Waals surface area contributed by atoms with Gasteiger partial charge >= 0.3 is 5.97 Å². The Morgan fingerprint density at radius 3 is 2.56 bits per heavy atom. The first-order valence-corrected chi connectivity index (χ1v) is 5.21. The lowest BCUT2D eigenvalue weighted by atomic mass is 9.99. The molecule has 5 heteroatoms. The van der Waals surface area contributed by atoms with E-state index in [0.717, 1.165) is 11.4 Å². The van der Waals surface area contributed by atoms with Crippen molar-refractivity contribution >= 4 is 11.8 Å². The third-order valence-electron chi connectivity index (χ3n) is 2.78. The fourth-order valence-corrected chi connectivity index (χ4v) is 1.18. The Morgan fingerprint density at radius 1 is 1.50 bits per heavy atom. The second kappa shape index (κ2) is 4.47. The summed E-state index contributed by atoms with van der Waals surface area (Å²) >= 11 is 0. The van der Waals surface area contributed by atoms with Crippen LogP contribution >= 0.6 is 0 Å². The van der Waals surface area contributed by atoms with Crippen LogP contribution in [-0.2, 0) is 4.79 Å². The van der Waals surface area contributed by atoms with Gasteiger partial charge in [-0.2, -0.15) is 0 Å². The zero-order valence-corrected chi connectivity index (χ0v) is 10.0. The number of nitrogens with zero attached hydrogens (tertiary/aromatic N) is 2. The molecular weight excluding hydrogens is 206 g/mol. The summed E-state index contributed by atoms with van der Waals surface area (Å²) in [5.74, 6) is -0.398. The molecule has 0 spiro atoms. The normalized spacial score (nSPS) is 14.2. The van der Waals surface area contributed by atoms with Crippen molar-refractivity contribution in [3.8, 4) is 0 Å². The zero-order chi connectivity index (χ0) is 12.3. The zero-order valence-electron chi connectivity index (χ0n) is 10.0. The average Bonchev–Trinajstić information content (AvgIpc) is 2.23. The van der Waals surface area contributed by atoms with Crippen molar-refractivity contribution in [2.45, 2.75) is 39.7 Å². The fraction of sp³-hybridized carbons (Fsp3) is 0.545. The molecule has 1 atom stereocenters. The number of rotatable bonds is 4. The molecule has 0 saturated heterocycles. The first kappa shape index (κ1) is 12.4. The number of anilines is 1. The van der Waals surface area contributed by atoms with Crippen LogP contribution < -0.4 is 5.32 Å². The maximum Gasteiger partial charge on any atom is 0.329 e. The van der Waals surface area contributed by atoms with Gasteiger partial charge in [-0.15, -0.1) is 0 Å². The van der Waals surface area contributed by atoms with Gasteiger partial charge < -0.3 is 10.4 Å². The summed E-state index contributed by atoms with van der Waals surface area (Å²) in [5.41, 5.74) is 0.643. The molecule has 0 fully saturated rings. The summed E-state index contributed by atoms with van der Waals surface area (Å²) in [7, 11) is 0. The summed E-state index contributed by atoms with van der Waals surface area (Å²) in [6, 6.07) is 0. The molecule has 16 heavy (non-hydrogen) atoms. The fourth-order valence-electron chi connectivity index (χ4n) is 1.18. The van der Waals surface area contributed by atoms with Crippen molar-refractivity contribution in [3.63, 3.8) is 0 Å². The van der Waals surface area contributed by atoms with Gasteiger partial charge in [0.2, 0.25) is 0 Å². The van der Waals surface area contributed by atoms with E-state index in [9.17, 15) is 4.79 Å². The van der Waals surface area contributed by atoms with E-state index in [-0.39, 0.29) is 0 Å². The maximum absolute atomic E-state index is 11.1. The second-order valence-electron chi connectivity index (χ2n) is 4.04. The third-order valence-corrected chi connectivity index (χ3v) is 2.78. The van der Waals surface area contributed by atoms with Crippen LogP contribution in [0.2, 0.25) is 0 Å². The largest absolute Gasteiger partial charge is 0.480 e. The van der Waals surface area contributed by atoms with Crippen LogP contribution in [0.4, 0.5) is 5.82 Å². The van der Waals surface area contributed by atoms with E-state index in [4.69, 9.17) is 5.11 Å². The molecule has 5 nitrogen and oxygen atoms in total. The van der Waals surface area contributed by atoms with Gasteiger partial charge in [0.25, 0.3) is 0 Å². The third kappa shape index (κ3) is 2.48. The first-order chi connectivity index (χ1) is 7.39. The number of carboxylic acids is 1. The highest BCUT2D eigenvalue weighted by molar-refractivity contribution is 5.81. The lowest BCUT2D eigenvalue weighted by Crippen LogP contribution is -2.43. The molecule has 1 rings (SSSR count). The Morgan fingerprint density at radius 2 is 2.12 bits per heavy atom. The van der Waals surface area contributed by atoms with Crippen LogP contribution in [0.1, 0.15) is 31.7 Å². The number of hydrogen-bond donors (Lipinski definition) is 2. The lowest BCUT2D eigenvalue weighted by molar-refractivity contribution is -0.141. The predicted octanol–water partition coefficient (Wildman–Crippen LogP) is 1.76. The lowest BCUT2D eigenvalue weighted by Gasteiger charge is -2.25. The SMILES string of the molecule is CCC(C)(Nc1cnc(C)c(C)n1)C(=O)O. The summed E-state index contributed by atoms with van der Waals surface area (Å²) in [6.45, 7) is 7.15. The van der Waals surface area contributed by atoms with E-state index in [1.54, 1.807) is 13.1 Å². The molecule has 0 aliphatic carbocycles. The molecule has 1 aromatic rings. The Balaban J connectivity index is 2.95. The summed E-state index contributed by atoms with van der Waals surface area (Å²) in [4.78, 5) is 19.5. The number of aromatic nitrogens is 2. The van der Waals surface area contributed by atoms with Crippen molar-refractivity contribution in [2.24, 2.45) is 0 Å². The Hall–Kier alpha value is -1.65. The molecule has 0 saturated carbocycles. The molecule has 1 heterocycles. The van der Waals surface area contributed by atoms with E-state index >= 15 is 0 Å².